The van der Waals surface area contributed by atoms with Gasteiger partial charge in [0.2, 0.25) is 0 Å². The van der Waals surface area contributed by atoms with Crippen LogP contribution in [0.25, 0.3) is 0 Å². The van der Waals surface area contributed by atoms with Crippen LogP contribution in [0.4, 0.5) is 11.4 Å². The lowest BCUT2D eigenvalue weighted by Crippen LogP contribution is -2.16. The molecule has 0 aliphatic carbocycles. The molecule has 0 bridgehead atoms. The van der Waals surface area contributed by atoms with Gasteiger partial charge < -0.3 is 5.73 Å². The van der Waals surface area contributed by atoms with Crippen molar-refractivity contribution in [1.82, 2.24) is 0 Å². The summed E-state index contributed by atoms with van der Waals surface area (Å²) in [5.41, 5.74) is 10.4. The standard InChI is InChI=1S/C16H20N2O2S/c1-10-6-5-7-11(2)16(10)18-21(19,20)15-9-13(4)12(3)8-14(15)17/h5-9,18H,17H2,1-4H3. The quantitative estimate of drug-likeness (QED) is 0.855. The number of nitrogens with one attached hydrogen (secondary N) is 1. The number of nitrogens with two attached hydrogens (primary N) is 1. The SMILES string of the molecule is Cc1cc(N)c(S(=O)(=O)Nc2c(C)cccc2C)cc1C. The number of hydrogen-bond donors (Lipinski definition) is 2. The minimum Gasteiger partial charge on any atom is -0.398 e. The highest BCUT2D eigenvalue weighted by Gasteiger charge is 2.20. The van der Waals surface area contributed by atoms with Crippen molar-refractivity contribution in [2.45, 2.75) is 32.6 Å². The molecule has 0 unspecified atom stereocenters. The van der Waals surface area contributed by atoms with Gasteiger partial charge in [-0.2, -0.15) is 0 Å². The zero-order valence-corrected chi connectivity index (χ0v) is 13.5. The Balaban J connectivity index is 2.51. The van der Waals surface area contributed by atoms with Crippen LogP contribution in [0.1, 0.15) is 22.3 Å². The van der Waals surface area contributed by atoms with Gasteiger partial charge in [-0.25, -0.2) is 8.42 Å². The van der Waals surface area contributed by atoms with Crippen molar-refractivity contribution < 1.29 is 8.42 Å². The summed E-state index contributed by atoms with van der Waals surface area (Å²) in [6.45, 7) is 7.51. The third-order valence-electron chi connectivity index (χ3n) is 3.63. The monoisotopic (exact) mass is 304 g/mol. The number of nitrogen functional groups attached to an aromatic ring is 1. The third kappa shape index (κ3) is 3.03. The highest BCUT2D eigenvalue weighted by molar-refractivity contribution is 7.92. The first-order chi connectivity index (χ1) is 9.72. The molecule has 5 heteroatoms. The van der Waals surface area contributed by atoms with E-state index in [0.717, 1.165) is 22.3 Å². The average Bonchev–Trinajstić information content (AvgIpc) is 2.38. The van der Waals surface area contributed by atoms with E-state index < -0.39 is 10.0 Å². The Morgan fingerprint density at radius 3 is 2.00 bits per heavy atom. The molecule has 0 atom stereocenters. The number of benzene rings is 2. The van der Waals surface area contributed by atoms with Gasteiger partial charge in [-0.3, -0.25) is 4.72 Å². The molecular formula is C16H20N2O2S. The van der Waals surface area contributed by atoms with Crippen molar-refractivity contribution in [3.63, 3.8) is 0 Å². The lowest BCUT2D eigenvalue weighted by Gasteiger charge is -2.15. The van der Waals surface area contributed by atoms with Crippen LogP contribution in [0.5, 0.6) is 0 Å². The molecule has 2 rings (SSSR count). The zero-order valence-electron chi connectivity index (χ0n) is 12.7. The van der Waals surface area contributed by atoms with Crippen molar-refractivity contribution >= 4 is 21.4 Å². The minimum absolute atomic E-state index is 0.119. The highest BCUT2D eigenvalue weighted by atomic mass is 32.2. The highest BCUT2D eigenvalue weighted by Crippen LogP contribution is 2.27. The second kappa shape index (κ2) is 5.41. The second-order valence-corrected chi connectivity index (χ2v) is 7.00. The largest absolute Gasteiger partial charge is 0.398 e. The fraction of sp³-hybridized carbons (Fsp3) is 0.250. The van der Waals surface area contributed by atoms with E-state index in [1.54, 1.807) is 12.1 Å². The van der Waals surface area contributed by atoms with E-state index >= 15 is 0 Å². The summed E-state index contributed by atoms with van der Waals surface area (Å²) in [4.78, 5) is 0.119. The topological polar surface area (TPSA) is 72.2 Å². The normalized spacial score (nSPS) is 11.4. The Hall–Kier alpha value is -2.01. The molecule has 21 heavy (non-hydrogen) atoms. The molecule has 2 aromatic rings. The fourth-order valence-corrected chi connectivity index (χ4v) is 3.61. The maximum Gasteiger partial charge on any atom is 0.263 e. The Morgan fingerprint density at radius 2 is 1.43 bits per heavy atom. The second-order valence-electron chi connectivity index (χ2n) is 5.35. The maximum absolute atomic E-state index is 12.6. The summed E-state index contributed by atoms with van der Waals surface area (Å²) in [6.07, 6.45) is 0. The lowest BCUT2D eigenvalue weighted by atomic mass is 10.1. The van der Waals surface area contributed by atoms with E-state index in [-0.39, 0.29) is 10.6 Å². The van der Waals surface area contributed by atoms with Gasteiger partial charge in [-0.05, 0) is 62.1 Å². The molecule has 4 nitrogen and oxygen atoms in total. The number of rotatable bonds is 3. The summed E-state index contributed by atoms with van der Waals surface area (Å²) >= 11 is 0. The predicted molar refractivity (Wildman–Crippen MR) is 87.1 cm³/mol. The van der Waals surface area contributed by atoms with Gasteiger partial charge >= 0.3 is 0 Å². The first-order valence-corrected chi connectivity index (χ1v) is 8.16. The van der Waals surface area contributed by atoms with Crippen LogP contribution in [-0.4, -0.2) is 8.42 Å². The number of anilines is 2. The van der Waals surface area contributed by atoms with Crippen molar-refractivity contribution in [1.29, 1.82) is 0 Å². The van der Waals surface area contributed by atoms with Crippen LogP contribution in [0.15, 0.2) is 35.2 Å². The molecule has 0 saturated heterocycles. The fourth-order valence-electron chi connectivity index (χ4n) is 2.21. The van der Waals surface area contributed by atoms with Crippen LogP contribution in [-0.2, 0) is 10.0 Å². The molecule has 0 amide bonds. The molecule has 0 saturated carbocycles. The van der Waals surface area contributed by atoms with Gasteiger partial charge in [0.05, 0.1) is 11.4 Å². The number of sulfonamides is 1. The smallest absolute Gasteiger partial charge is 0.263 e. The van der Waals surface area contributed by atoms with Crippen molar-refractivity contribution in [2.75, 3.05) is 10.5 Å². The summed E-state index contributed by atoms with van der Waals surface area (Å²) in [5, 5.41) is 0. The van der Waals surface area contributed by atoms with Crippen LogP contribution >= 0.6 is 0 Å². The molecule has 0 aliphatic heterocycles. The van der Waals surface area contributed by atoms with Crippen LogP contribution in [0, 0.1) is 27.7 Å². The van der Waals surface area contributed by atoms with E-state index in [1.165, 1.54) is 0 Å². The molecule has 0 radical (unpaired) electrons. The van der Waals surface area contributed by atoms with Crippen LogP contribution in [0.2, 0.25) is 0 Å². The van der Waals surface area contributed by atoms with Crippen LogP contribution < -0.4 is 10.5 Å². The zero-order chi connectivity index (χ0) is 15.8. The van der Waals surface area contributed by atoms with Gasteiger partial charge in [0.15, 0.2) is 0 Å². The Labute approximate surface area is 126 Å². The van der Waals surface area contributed by atoms with Gasteiger partial charge in [0.25, 0.3) is 10.0 Å². The Bertz CT molecular complexity index is 776. The molecule has 112 valence electrons. The summed E-state index contributed by atoms with van der Waals surface area (Å²) in [6, 6.07) is 8.94. The van der Waals surface area contributed by atoms with Gasteiger partial charge in [-0.1, -0.05) is 18.2 Å². The van der Waals surface area contributed by atoms with E-state index in [2.05, 4.69) is 4.72 Å². The lowest BCUT2D eigenvalue weighted by molar-refractivity contribution is 0.601. The Kier molecular flexibility index (Phi) is 3.96. The van der Waals surface area contributed by atoms with Gasteiger partial charge in [0.1, 0.15) is 4.90 Å². The summed E-state index contributed by atoms with van der Waals surface area (Å²) in [7, 11) is -3.70. The average molecular weight is 304 g/mol. The van der Waals surface area contributed by atoms with E-state index in [0.29, 0.717) is 5.69 Å². The van der Waals surface area contributed by atoms with Gasteiger partial charge in [-0.15, -0.1) is 0 Å². The minimum atomic E-state index is -3.70. The first kappa shape index (κ1) is 15.4. The number of aryl methyl sites for hydroxylation is 4. The van der Waals surface area contributed by atoms with E-state index in [9.17, 15) is 8.42 Å². The summed E-state index contributed by atoms with van der Waals surface area (Å²) < 4.78 is 27.8. The molecule has 0 heterocycles. The van der Waals surface area contributed by atoms with Crippen molar-refractivity contribution in [2.24, 2.45) is 0 Å². The maximum atomic E-state index is 12.6. The summed E-state index contributed by atoms with van der Waals surface area (Å²) in [5.74, 6) is 0. The van der Waals surface area contributed by atoms with Crippen molar-refractivity contribution in [3.05, 3.63) is 52.6 Å². The van der Waals surface area contributed by atoms with E-state index in [1.807, 2.05) is 45.9 Å². The van der Waals surface area contributed by atoms with Crippen molar-refractivity contribution in [3.8, 4) is 0 Å². The third-order valence-corrected chi connectivity index (χ3v) is 5.04. The first-order valence-electron chi connectivity index (χ1n) is 6.68. The molecular weight excluding hydrogens is 284 g/mol. The Morgan fingerprint density at radius 1 is 0.905 bits per heavy atom. The molecule has 0 aromatic heterocycles. The van der Waals surface area contributed by atoms with Gasteiger partial charge in [0, 0.05) is 0 Å². The molecule has 0 fully saturated rings. The van der Waals surface area contributed by atoms with Crippen LogP contribution in [0.3, 0.4) is 0 Å². The molecule has 3 N–H and O–H groups in total. The number of para-hydroxylation sites is 1. The molecule has 2 aromatic carbocycles. The predicted octanol–water partition coefficient (Wildman–Crippen LogP) is 3.30. The molecule has 0 spiro atoms. The molecule has 0 aliphatic rings. The number of hydrogen-bond acceptors (Lipinski definition) is 3. The van der Waals surface area contributed by atoms with E-state index in [4.69, 9.17) is 5.73 Å².